The van der Waals surface area contributed by atoms with Crippen molar-refractivity contribution < 1.29 is 4.42 Å². The van der Waals surface area contributed by atoms with Gasteiger partial charge in [-0.05, 0) is 24.4 Å². The van der Waals surface area contributed by atoms with Gasteiger partial charge < -0.3 is 10.2 Å². The standard InChI is InChI=1S/C11H10ClNO2/c1-6(13)9-5-7-3-2-4-8(12)10(7)11(14)15-9/h2-6H,13H2,1H3/t6-/m0/s1. The molecule has 0 bridgehead atoms. The molecule has 0 saturated heterocycles. The smallest absolute Gasteiger partial charge is 0.345 e. The lowest BCUT2D eigenvalue weighted by Crippen LogP contribution is -2.10. The van der Waals surface area contributed by atoms with Crippen LogP contribution in [0, 0.1) is 0 Å². The predicted octanol–water partition coefficient (Wildman–Crippen LogP) is 2.47. The molecule has 0 aliphatic heterocycles. The van der Waals surface area contributed by atoms with E-state index in [4.69, 9.17) is 21.8 Å². The second-order valence-corrected chi connectivity index (χ2v) is 3.84. The van der Waals surface area contributed by atoms with Crippen molar-refractivity contribution in [2.24, 2.45) is 5.73 Å². The molecule has 0 unspecified atom stereocenters. The van der Waals surface area contributed by atoms with E-state index in [0.29, 0.717) is 16.2 Å². The summed E-state index contributed by atoms with van der Waals surface area (Å²) in [4.78, 5) is 11.6. The van der Waals surface area contributed by atoms with Gasteiger partial charge in [0.1, 0.15) is 5.76 Å². The number of hydrogen-bond acceptors (Lipinski definition) is 3. The van der Waals surface area contributed by atoms with Crippen molar-refractivity contribution in [3.63, 3.8) is 0 Å². The highest BCUT2D eigenvalue weighted by atomic mass is 35.5. The minimum Gasteiger partial charge on any atom is -0.426 e. The molecule has 4 heteroatoms. The van der Waals surface area contributed by atoms with Gasteiger partial charge in [0.25, 0.3) is 0 Å². The summed E-state index contributed by atoms with van der Waals surface area (Å²) in [6.07, 6.45) is 0. The zero-order chi connectivity index (χ0) is 11.0. The molecule has 1 heterocycles. The Bertz CT molecular complexity index is 560. The Morgan fingerprint density at radius 3 is 2.87 bits per heavy atom. The molecule has 15 heavy (non-hydrogen) atoms. The van der Waals surface area contributed by atoms with Gasteiger partial charge in [0.2, 0.25) is 0 Å². The summed E-state index contributed by atoms with van der Waals surface area (Å²) in [7, 11) is 0. The van der Waals surface area contributed by atoms with E-state index in [-0.39, 0.29) is 6.04 Å². The van der Waals surface area contributed by atoms with Gasteiger partial charge >= 0.3 is 5.63 Å². The first-order valence-electron chi connectivity index (χ1n) is 4.57. The van der Waals surface area contributed by atoms with Gasteiger partial charge in [-0.2, -0.15) is 0 Å². The number of benzene rings is 1. The lowest BCUT2D eigenvalue weighted by molar-refractivity contribution is 0.442. The normalized spacial score (nSPS) is 13.0. The van der Waals surface area contributed by atoms with Crippen LogP contribution in [0.2, 0.25) is 5.02 Å². The summed E-state index contributed by atoms with van der Waals surface area (Å²) in [6, 6.07) is 6.69. The predicted molar refractivity (Wildman–Crippen MR) is 60.1 cm³/mol. The lowest BCUT2D eigenvalue weighted by atomic mass is 10.1. The Hall–Kier alpha value is -1.32. The first-order valence-corrected chi connectivity index (χ1v) is 4.95. The maximum atomic E-state index is 11.6. The summed E-state index contributed by atoms with van der Waals surface area (Å²) < 4.78 is 5.07. The molecule has 0 spiro atoms. The van der Waals surface area contributed by atoms with Crippen molar-refractivity contribution in [2.75, 3.05) is 0 Å². The molecule has 0 aliphatic carbocycles. The summed E-state index contributed by atoms with van der Waals surface area (Å²) in [6.45, 7) is 1.76. The molecule has 0 amide bonds. The summed E-state index contributed by atoms with van der Waals surface area (Å²) in [5.41, 5.74) is 5.21. The fourth-order valence-electron chi connectivity index (χ4n) is 1.44. The van der Waals surface area contributed by atoms with E-state index < -0.39 is 5.63 Å². The molecule has 78 valence electrons. The average molecular weight is 224 g/mol. The molecule has 2 N–H and O–H groups in total. The van der Waals surface area contributed by atoms with Crippen LogP contribution in [0.25, 0.3) is 10.8 Å². The molecular weight excluding hydrogens is 214 g/mol. The van der Waals surface area contributed by atoms with Gasteiger partial charge in [-0.1, -0.05) is 23.7 Å². The van der Waals surface area contributed by atoms with E-state index in [2.05, 4.69) is 0 Å². The van der Waals surface area contributed by atoms with Gasteiger partial charge in [-0.25, -0.2) is 4.79 Å². The van der Waals surface area contributed by atoms with Crippen molar-refractivity contribution in [3.05, 3.63) is 45.5 Å². The highest BCUT2D eigenvalue weighted by Crippen LogP contribution is 2.22. The summed E-state index contributed by atoms with van der Waals surface area (Å²) in [5, 5.41) is 1.56. The second kappa shape index (κ2) is 3.68. The zero-order valence-electron chi connectivity index (χ0n) is 8.16. The molecule has 1 atom stereocenters. The fourth-order valence-corrected chi connectivity index (χ4v) is 1.70. The highest BCUT2D eigenvalue weighted by molar-refractivity contribution is 6.35. The summed E-state index contributed by atoms with van der Waals surface area (Å²) >= 11 is 5.90. The largest absolute Gasteiger partial charge is 0.426 e. The first kappa shape index (κ1) is 10.2. The number of nitrogens with two attached hydrogens (primary N) is 1. The van der Waals surface area contributed by atoms with E-state index in [1.54, 1.807) is 25.1 Å². The van der Waals surface area contributed by atoms with Crippen LogP contribution < -0.4 is 11.4 Å². The average Bonchev–Trinajstić information content (AvgIpc) is 2.17. The zero-order valence-corrected chi connectivity index (χ0v) is 8.91. The van der Waals surface area contributed by atoms with E-state index in [1.807, 2.05) is 6.07 Å². The van der Waals surface area contributed by atoms with Crippen LogP contribution in [-0.2, 0) is 0 Å². The molecule has 1 aromatic heterocycles. The monoisotopic (exact) mass is 223 g/mol. The molecule has 2 rings (SSSR count). The van der Waals surface area contributed by atoms with Crippen LogP contribution in [0.15, 0.2) is 33.5 Å². The van der Waals surface area contributed by atoms with Gasteiger partial charge in [0.15, 0.2) is 0 Å². The second-order valence-electron chi connectivity index (χ2n) is 3.43. The van der Waals surface area contributed by atoms with Gasteiger partial charge in [-0.15, -0.1) is 0 Å². The van der Waals surface area contributed by atoms with Crippen molar-refractivity contribution in [3.8, 4) is 0 Å². The van der Waals surface area contributed by atoms with Crippen LogP contribution in [0.3, 0.4) is 0 Å². The van der Waals surface area contributed by atoms with E-state index in [1.165, 1.54) is 0 Å². The first-order chi connectivity index (χ1) is 7.09. The minimum atomic E-state index is -0.439. The maximum Gasteiger partial charge on any atom is 0.345 e. The van der Waals surface area contributed by atoms with E-state index in [9.17, 15) is 4.79 Å². The minimum absolute atomic E-state index is 0.305. The van der Waals surface area contributed by atoms with Crippen molar-refractivity contribution in [1.29, 1.82) is 0 Å². The quantitative estimate of drug-likeness (QED) is 0.808. The molecule has 0 saturated carbocycles. The van der Waals surface area contributed by atoms with E-state index >= 15 is 0 Å². The molecule has 3 nitrogen and oxygen atoms in total. The number of halogens is 1. The maximum absolute atomic E-state index is 11.6. The van der Waals surface area contributed by atoms with Gasteiger partial charge in [-0.3, -0.25) is 0 Å². The third-order valence-electron chi connectivity index (χ3n) is 2.21. The SMILES string of the molecule is C[C@H](N)c1cc2cccc(Cl)c2c(=O)o1. The Morgan fingerprint density at radius 1 is 1.47 bits per heavy atom. The highest BCUT2D eigenvalue weighted by Gasteiger charge is 2.09. The number of hydrogen-bond donors (Lipinski definition) is 1. The van der Waals surface area contributed by atoms with Gasteiger partial charge in [0.05, 0.1) is 16.5 Å². The third kappa shape index (κ3) is 1.76. The molecule has 1 aromatic carbocycles. The Balaban J connectivity index is 2.85. The van der Waals surface area contributed by atoms with E-state index in [0.717, 1.165) is 5.39 Å². The van der Waals surface area contributed by atoms with Crippen molar-refractivity contribution in [1.82, 2.24) is 0 Å². The molecule has 2 aromatic rings. The van der Waals surface area contributed by atoms with Crippen LogP contribution in [0.5, 0.6) is 0 Å². The molecule has 0 radical (unpaired) electrons. The molecule has 0 fully saturated rings. The molecular formula is C11H10ClNO2. The van der Waals surface area contributed by atoms with Crippen LogP contribution in [-0.4, -0.2) is 0 Å². The van der Waals surface area contributed by atoms with Gasteiger partial charge in [0, 0.05) is 0 Å². The summed E-state index contributed by atoms with van der Waals surface area (Å²) in [5.74, 6) is 0.467. The number of rotatable bonds is 1. The Labute approximate surface area is 91.5 Å². The number of fused-ring (bicyclic) bond motifs is 1. The van der Waals surface area contributed by atoms with Crippen molar-refractivity contribution >= 4 is 22.4 Å². The Morgan fingerprint density at radius 2 is 2.20 bits per heavy atom. The van der Waals surface area contributed by atoms with Crippen LogP contribution in [0.1, 0.15) is 18.7 Å². The van der Waals surface area contributed by atoms with Crippen molar-refractivity contribution in [2.45, 2.75) is 13.0 Å². The fraction of sp³-hybridized carbons (Fsp3) is 0.182. The van der Waals surface area contributed by atoms with Crippen LogP contribution >= 0.6 is 11.6 Å². The van der Waals surface area contributed by atoms with Crippen LogP contribution in [0.4, 0.5) is 0 Å². The third-order valence-corrected chi connectivity index (χ3v) is 2.52. The Kier molecular flexibility index (Phi) is 2.50. The molecule has 0 aliphatic rings. The lowest BCUT2D eigenvalue weighted by Gasteiger charge is -2.05. The topological polar surface area (TPSA) is 56.2 Å².